The Hall–Kier alpha value is -6.68. The Labute approximate surface area is 310 Å². The summed E-state index contributed by atoms with van der Waals surface area (Å²) in [6, 6.07) is 68.2. The van der Waals surface area contributed by atoms with Crippen LogP contribution in [-0.4, -0.2) is 0 Å². The van der Waals surface area contributed by atoms with Gasteiger partial charge in [-0.25, -0.2) is 0 Å². The maximum Gasteiger partial charge on any atom is 0.136 e. The predicted molar refractivity (Wildman–Crippen MR) is 227 cm³/mol. The van der Waals surface area contributed by atoms with Crippen molar-refractivity contribution in [3.8, 4) is 22.3 Å². The molecule has 0 aliphatic rings. The molecule has 11 rings (SSSR count). The van der Waals surface area contributed by atoms with E-state index in [0.717, 1.165) is 55.7 Å². The molecule has 0 aliphatic heterocycles. The van der Waals surface area contributed by atoms with Crippen LogP contribution in [-0.2, 0) is 0 Å². The monoisotopic (exact) mass is 693 g/mol. The van der Waals surface area contributed by atoms with Gasteiger partial charge in [-0.05, 0) is 93.0 Å². The molecule has 3 heteroatoms. The van der Waals surface area contributed by atoms with E-state index in [1.165, 1.54) is 47.3 Å². The van der Waals surface area contributed by atoms with E-state index in [9.17, 15) is 0 Å². The number of hydrogen-bond acceptors (Lipinski definition) is 3. The quantitative estimate of drug-likeness (QED) is 0.167. The van der Waals surface area contributed by atoms with Gasteiger partial charge in [0.1, 0.15) is 11.2 Å². The van der Waals surface area contributed by atoms with Gasteiger partial charge in [-0.1, -0.05) is 133 Å². The van der Waals surface area contributed by atoms with Gasteiger partial charge in [0.15, 0.2) is 0 Å². The van der Waals surface area contributed by atoms with Gasteiger partial charge in [0.2, 0.25) is 0 Å². The molecular weight excluding hydrogens is 663 g/mol. The molecule has 0 saturated heterocycles. The lowest BCUT2D eigenvalue weighted by atomic mass is 9.95. The topological polar surface area (TPSA) is 16.4 Å². The van der Waals surface area contributed by atoms with Crippen LogP contribution < -0.4 is 4.90 Å². The molecular formula is C50H31NOS. The molecule has 0 saturated carbocycles. The third-order valence-corrected chi connectivity index (χ3v) is 11.8. The number of fused-ring (bicyclic) bond motifs is 9. The second-order valence-electron chi connectivity index (χ2n) is 13.7. The average Bonchev–Trinajstić information content (AvgIpc) is 3.80. The van der Waals surface area contributed by atoms with Crippen molar-refractivity contribution in [1.29, 1.82) is 0 Å². The highest BCUT2D eigenvalue weighted by Crippen LogP contribution is 2.49. The standard InChI is InChI=1S/C50H31NOS/c1-2-13-32(14-3-1)35-27-36(33-25-26-42-41-19-8-10-23-47(41)52-48(42)31-33)29-37(28-35)51(45-22-12-21-44-43-20-9-11-24-49(43)53-50(44)45)46-30-34-15-4-5-16-38(34)39-17-6-7-18-40(39)46/h1-31H. The fourth-order valence-electron chi connectivity index (χ4n) is 8.15. The molecule has 53 heavy (non-hydrogen) atoms. The van der Waals surface area contributed by atoms with Crippen LogP contribution in [0.2, 0.25) is 0 Å². The van der Waals surface area contributed by atoms with Gasteiger partial charge in [0, 0.05) is 37.3 Å². The molecule has 11 aromatic rings. The second kappa shape index (κ2) is 11.9. The van der Waals surface area contributed by atoms with Gasteiger partial charge in [-0.2, -0.15) is 0 Å². The van der Waals surface area contributed by atoms with Crippen LogP contribution in [0.5, 0.6) is 0 Å². The number of rotatable bonds is 5. The highest BCUT2D eigenvalue weighted by molar-refractivity contribution is 7.26. The van der Waals surface area contributed by atoms with Crippen LogP contribution in [0.1, 0.15) is 0 Å². The first kappa shape index (κ1) is 30.0. The summed E-state index contributed by atoms with van der Waals surface area (Å²) in [5.41, 5.74) is 9.76. The Morgan fingerprint density at radius 3 is 1.89 bits per heavy atom. The molecule has 0 radical (unpaired) electrons. The molecule has 2 aromatic heterocycles. The molecule has 0 unspecified atom stereocenters. The van der Waals surface area contributed by atoms with Crippen LogP contribution in [0.25, 0.3) is 85.9 Å². The molecule has 2 heterocycles. The van der Waals surface area contributed by atoms with E-state index < -0.39 is 0 Å². The highest BCUT2D eigenvalue weighted by Gasteiger charge is 2.22. The lowest BCUT2D eigenvalue weighted by Gasteiger charge is -2.29. The van der Waals surface area contributed by atoms with E-state index >= 15 is 0 Å². The third-order valence-electron chi connectivity index (χ3n) is 10.6. The average molecular weight is 694 g/mol. The summed E-state index contributed by atoms with van der Waals surface area (Å²) in [6.45, 7) is 0. The van der Waals surface area contributed by atoms with E-state index in [1.54, 1.807) is 0 Å². The summed E-state index contributed by atoms with van der Waals surface area (Å²) in [4.78, 5) is 2.50. The van der Waals surface area contributed by atoms with Crippen LogP contribution in [0.3, 0.4) is 0 Å². The number of para-hydroxylation sites is 1. The molecule has 248 valence electrons. The molecule has 0 aliphatic carbocycles. The Morgan fingerprint density at radius 2 is 1.02 bits per heavy atom. The fraction of sp³-hybridized carbons (Fsp3) is 0. The maximum atomic E-state index is 6.40. The fourth-order valence-corrected chi connectivity index (χ4v) is 9.35. The number of benzene rings is 9. The van der Waals surface area contributed by atoms with E-state index in [4.69, 9.17) is 4.42 Å². The van der Waals surface area contributed by atoms with Crippen molar-refractivity contribution >= 4 is 92.1 Å². The Balaban J connectivity index is 1.23. The van der Waals surface area contributed by atoms with Crippen LogP contribution >= 0.6 is 11.3 Å². The number of furan rings is 1. The summed E-state index contributed by atoms with van der Waals surface area (Å²) in [5, 5.41) is 9.74. The molecule has 0 N–H and O–H groups in total. The van der Waals surface area contributed by atoms with Gasteiger partial charge in [0.05, 0.1) is 16.1 Å². The molecule has 9 aromatic carbocycles. The number of nitrogens with zero attached hydrogens (tertiary/aromatic N) is 1. The number of thiophene rings is 1. The summed E-state index contributed by atoms with van der Waals surface area (Å²) < 4.78 is 8.96. The van der Waals surface area contributed by atoms with Crippen molar-refractivity contribution < 1.29 is 4.42 Å². The number of hydrogen-bond donors (Lipinski definition) is 0. The third kappa shape index (κ3) is 4.86. The van der Waals surface area contributed by atoms with Crippen molar-refractivity contribution in [2.75, 3.05) is 4.90 Å². The van der Waals surface area contributed by atoms with E-state index in [-0.39, 0.29) is 0 Å². The van der Waals surface area contributed by atoms with Gasteiger partial charge in [-0.15, -0.1) is 11.3 Å². The SMILES string of the molecule is c1ccc(-c2cc(-c3ccc4c(c3)oc3ccccc34)cc(N(c3cc4ccccc4c4ccccc34)c3cccc4c3sc3ccccc34)c2)cc1. The van der Waals surface area contributed by atoms with Crippen LogP contribution in [0, 0.1) is 0 Å². The Kier molecular flexibility index (Phi) is 6.76. The molecule has 2 nitrogen and oxygen atoms in total. The zero-order chi connectivity index (χ0) is 34.9. The smallest absolute Gasteiger partial charge is 0.136 e. The first-order chi connectivity index (χ1) is 26.3. The first-order valence-corrected chi connectivity index (χ1v) is 18.8. The highest BCUT2D eigenvalue weighted by atomic mass is 32.1. The maximum absolute atomic E-state index is 6.40. The normalized spacial score (nSPS) is 11.8. The minimum Gasteiger partial charge on any atom is -0.456 e. The first-order valence-electron chi connectivity index (χ1n) is 18.0. The van der Waals surface area contributed by atoms with Crippen molar-refractivity contribution in [2.24, 2.45) is 0 Å². The van der Waals surface area contributed by atoms with Crippen molar-refractivity contribution in [3.63, 3.8) is 0 Å². The number of anilines is 3. The van der Waals surface area contributed by atoms with Gasteiger partial charge < -0.3 is 9.32 Å². The zero-order valence-electron chi connectivity index (χ0n) is 28.7. The molecule has 0 fully saturated rings. The van der Waals surface area contributed by atoms with Crippen LogP contribution in [0.4, 0.5) is 17.1 Å². The van der Waals surface area contributed by atoms with E-state index in [0.29, 0.717) is 0 Å². The minimum absolute atomic E-state index is 0.891. The van der Waals surface area contributed by atoms with Gasteiger partial charge in [-0.3, -0.25) is 0 Å². The summed E-state index contributed by atoms with van der Waals surface area (Å²) in [7, 11) is 0. The largest absolute Gasteiger partial charge is 0.456 e. The minimum atomic E-state index is 0.891. The summed E-state index contributed by atoms with van der Waals surface area (Å²) >= 11 is 1.87. The van der Waals surface area contributed by atoms with Crippen molar-refractivity contribution in [1.82, 2.24) is 0 Å². The summed E-state index contributed by atoms with van der Waals surface area (Å²) in [5.74, 6) is 0. The molecule has 0 spiro atoms. The van der Waals surface area contributed by atoms with Gasteiger partial charge in [0.25, 0.3) is 0 Å². The van der Waals surface area contributed by atoms with Gasteiger partial charge >= 0.3 is 0 Å². The predicted octanol–water partition coefficient (Wildman–Crippen LogP) is 15.1. The lowest BCUT2D eigenvalue weighted by molar-refractivity contribution is 0.669. The summed E-state index contributed by atoms with van der Waals surface area (Å²) in [6.07, 6.45) is 0. The Bertz CT molecular complexity index is 3190. The lowest BCUT2D eigenvalue weighted by Crippen LogP contribution is -2.11. The van der Waals surface area contributed by atoms with E-state index in [1.807, 2.05) is 23.5 Å². The molecule has 0 amide bonds. The van der Waals surface area contributed by atoms with Crippen molar-refractivity contribution in [2.45, 2.75) is 0 Å². The zero-order valence-corrected chi connectivity index (χ0v) is 29.5. The molecule has 0 atom stereocenters. The van der Waals surface area contributed by atoms with E-state index in [2.05, 4.69) is 181 Å². The van der Waals surface area contributed by atoms with Crippen LogP contribution in [0.15, 0.2) is 192 Å². The Morgan fingerprint density at radius 1 is 0.358 bits per heavy atom. The van der Waals surface area contributed by atoms with Crippen molar-refractivity contribution in [3.05, 3.63) is 188 Å². The molecule has 0 bridgehead atoms. The second-order valence-corrected chi connectivity index (χ2v) is 14.7.